The zero-order chi connectivity index (χ0) is 17.4. The lowest BCUT2D eigenvalue weighted by Crippen LogP contribution is -2.23. The average molecular weight is 343 g/mol. The fourth-order valence-electron chi connectivity index (χ4n) is 3.76. The van der Waals surface area contributed by atoms with Crippen molar-refractivity contribution in [3.63, 3.8) is 0 Å². The van der Waals surface area contributed by atoms with Crippen LogP contribution in [0.15, 0.2) is 32.0 Å². The number of anilines is 1. The van der Waals surface area contributed by atoms with E-state index in [4.69, 9.17) is 18.3 Å². The molecule has 0 spiro atoms. The molecule has 132 valence electrons. The quantitative estimate of drug-likeness (QED) is 0.712. The fraction of sp³-hybridized carbons (Fsp3) is 0.421. The molecule has 0 radical (unpaired) electrons. The van der Waals surface area contributed by atoms with Crippen LogP contribution in [0.5, 0.6) is 11.5 Å². The Morgan fingerprint density at radius 3 is 2.56 bits per heavy atom. The zero-order valence-electron chi connectivity index (χ0n) is 14.4. The van der Waals surface area contributed by atoms with E-state index >= 15 is 0 Å². The third-order valence-corrected chi connectivity index (χ3v) is 4.88. The van der Waals surface area contributed by atoms with Crippen molar-refractivity contribution in [1.82, 2.24) is 0 Å². The van der Waals surface area contributed by atoms with E-state index in [0.29, 0.717) is 34.1 Å². The summed E-state index contributed by atoms with van der Waals surface area (Å²) >= 11 is 0. The molecular formula is C19H21NO5. The number of benzene rings is 1. The van der Waals surface area contributed by atoms with E-state index in [1.165, 1.54) is 32.4 Å². The molecule has 6 heteroatoms. The second-order valence-electron chi connectivity index (χ2n) is 6.39. The number of hydrogen-bond acceptors (Lipinski definition) is 6. The van der Waals surface area contributed by atoms with Crippen molar-refractivity contribution < 1.29 is 18.3 Å². The van der Waals surface area contributed by atoms with Crippen LogP contribution < -0.4 is 20.4 Å². The van der Waals surface area contributed by atoms with Crippen LogP contribution in [0, 0.1) is 0 Å². The molecule has 1 N–H and O–H groups in total. The summed E-state index contributed by atoms with van der Waals surface area (Å²) in [7, 11) is 3.13. The van der Waals surface area contributed by atoms with E-state index in [2.05, 4.69) is 5.32 Å². The number of furan rings is 1. The Bertz CT molecular complexity index is 965. The number of fused-ring (bicyclic) bond motifs is 2. The van der Waals surface area contributed by atoms with Gasteiger partial charge in [0.2, 0.25) is 5.75 Å². The minimum Gasteiger partial charge on any atom is -0.495 e. The maximum absolute atomic E-state index is 12.2. The van der Waals surface area contributed by atoms with Crippen molar-refractivity contribution in [1.29, 1.82) is 0 Å². The van der Waals surface area contributed by atoms with Gasteiger partial charge in [-0.2, -0.15) is 0 Å². The Labute approximate surface area is 144 Å². The molecule has 1 aliphatic carbocycles. The van der Waals surface area contributed by atoms with Crippen LogP contribution in [0.3, 0.4) is 0 Å². The first-order valence-corrected chi connectivity index (χ1v) is 8.58. The molecular weight excluding hydrogens is 322 g/mol. The average Bonchev–Trinajstić information content (AvgIpc) is 3.09. The summed E-state index contributed by atoms with van der Waals surface area (Å²) in [5.41, 5.74) is 1.13. The fourth-order valence-corrected chi connectivity index (χ4v) is 3.76. The molecule has 6 nitrogen and oxygen atoms in total. The maximum Gasteiger partial charge on any atom is 0.338 e. The van der Waals surface area contributed by atoms with E-state index < -0.39 is 5.63 Å². The first-order chi connectivity index (χ1) is 12.2. The predicted molar refractivity (Wildman–Crippen MR) is 95.9 cm³/mol. The van der Waals surface area contributed by atoms with Crippen molar-refractivity contribution in [2.45, 2.75) is 38.1 Å². The smallest absolute Gasteiger partial charge is 0.338 e. The van der Waals surface area contributed by atoms with Crippen LogP contribution in [0.4, 0.5) is 5.69 Å². The number of ether oxygens (including phenoxy) is 2. The van der Waals surface area contributed by atoms with E-state index in [1.807, 2.05) is 6.07 Å². The van der Waals surface area contributed by atoms with Crippen LogP contribution >= 0.6 is 0 Å². The molecule has 25 heavy (non-hydrogen) atoms. The monoisotopic (exact) mass is 343 g/mol. The Morgan fingerprint density at radius 2 is 1.84 bits per heavy atom. The number of rotatable bonds is 4. The van der Waals surface area contributed by atoms with Gasteiger partial charge in [-0.3, -0.25) is 0 Å². The SMILES string of the molecule is COc1c2occc2c(OC)c2c(NC3CCCCC3)cc(=O)oc12. The van der Waals surface area contributed by atoms with E-state index in [1.54, 1.807) is 13.4 Å². The lowest BCUT2D eigenvalue weighted by Gasteiger charge is -2.24. The van der Waals surface area contributed by atoms with E-state index in [-0.39, 0.29) is 0 Å². The second-order valence-corrected chi connectivity index (χ2v) is 6.39. The molecule has 1 fully saturated rings. The van der Waals surface area contributed by atoms with Crippen molar-refractivity contribution in [2.75, 3.05) is 19.5 Å². The highest BCUT2D eigenvalue weighted by molar-refractivity contribution is 6.11. The summed E-state index contributed by atoms with van der Waals surface area (Å²) in [6.45, 7) is 0. The standard InChI is InChI=1S/C19H21NO5/c1-22-16-12-8-9-24-17(12)19(23-2)18-15(16)13(10-14(21)25-18)20-11-6-4-3-5-7-11/h8-11,20H,3-7H2,1-2H3. The summed E-state index contributed by atoms with van der Waals surface area (Å²) < 4.78 is 22.1. The first-order valence-electron chi connectivity index (χ1n) is 8.58. The van der Waals surface area contributed by atoms with Crippen molar-refractivity contribution >= 4 is 27.6 Å². The summed E-state index contributed by atoms with van der Waals surface area (Å²) in [5, 5.41) is 5.01. The van der Waals surface area contributed by atoms with E-state index in [9.17, 15) is 4.79 Å². The molecule has 0 atom stereocenters. The highest BCUT2D eigenvalue weighted by Gasteiger charge is 2.24. The molecule has 0 amide bonds. The van der Waals surface area contributed by atoms with Crippen LogP contribution in [0.1, 0.15) is 32.1 Å². The summed E-state index contributed by atoms with van der Waals surface area (Å²) in [6.07, 6.45) is 7.42. The molecule has 1 aromatic carbocycles. The molecule has 0 saturated heterocycles. The Morgan fingerprint density at radius 1 is 1.08 bits per heavy atom. The van der Waals surface area contributed by atoms with Gasteiger partial charge in [0.15, 0.2) is 11.2 Å². The largest absolute Gasteiger partial charge is 0.495 e. The molecule has 1 saturated carbocycles. The summed E-state index contributed by atoms with van der Waals surface area (Å²) in [4.78, 5) is 12.2. The summed E-state index contributed by atoms with van der Waals surface area (Å²) in [6, 6.07) is 3.66. The van der Waals surface area contributed by atoms with Crippen LogP contribution in [-0.4, -0.2) is 20.3 Å². The molecule has 1 aliphatic rings. The van der Waals surface area contributed by atoms with Gasteiger partial charge in [0.1, 0.15) is 5.75 Å². The van der Waals surface area contributed by atoms with Crippen molar-refractivity contribution in [2.24, 2.45) is 0 Å². The van der Waals surface area contributed by atoms with Crippen molar-refractivity contribution in [3.05, 3.63) is 28.8 Å². The van der Waals surface area contributed by atoms with Gasteiger partial charge >= 0.3 is 5.63 Å². The van der Waals surface area contributed by atoms with Crippen molar-refractivity contribution in [3.8, 4) is 11.5 Å². The molecule has 4 rings (SSSR count). The Balaban J connectivity index is 2.00. The molecule has 0 unspecified atom stereocenters. The summed E-state index contributed by atoms with van der Waals surface area (Å²) in [5.74, 6) is 1.02. The normalized spacial score (nSPS) is 15.6. The van der Waals surface area contributed by atoms with Crippen LogP contribution in [0.2, 0.25) is 0 Å². The maximum atomic E-state index is 12.2. The van der Waals surface area contributed by atoms with Crippen LogP contribution in [0.25, 0.3) is 21.9 Å². The van der Waals surface area contributed by atoms with Gasteiger partial charge in [-0.05, 0) is 18.9 Å². The first kappa shape index (κ1) is 15.9. The third kappa shape index (κ3) is 2.62. The van der Waals surface area contributed by atoms with Gasteiger partial charge in [-0.1, -0.05) is 19.3 Å². The van der Waals surface area contributed by atoms with Gasteiger partial charge in [-0.15, -0.1) is 0 Å². The topological polar surface area (TPSA) is 73.8 Å². The minimum atomic E-state index is -0.433. The highest BCUT2D eigenvalue weighted by Crippen LogP contribution is 2.45. The number of hydrogen-bond donors (Lipinski definition) is 1. The van der Waals surface area contributed by atoms with E-state index in [0.717, 1.165) is 23.9 Å². The number of methoxy groups -OCH3 is 2. The third-order valence-electron chi connectivity index (χ3n) is 4.88. The predicted octanol–water partition coefficient (Wildman–Crippen LogP) is 4.30. The molecule has 2 aromatic heterocycles. The van der Waals surface area contributed by atoms with Gasteiger partial charge in [0.05, 0.1) is 36.9 Å². The Kier molecular flexibility index (Phi) is 4.03. The molecule has 3 aromatic rings. The lowest BCUT2D eigenvalue weighted by molar-refractivity contribution is 0.398. The van der Waals surface area contributed by atoms with Gasteiger partial charge in [0.25, 0.3) is 0 Å². The molecule has 0 bridgehead atoms. The zero-order valence-corrected chi connectivity index (χ0v) is 14.4. The Hall–Kier alpha value is -2.63. The van der Waals surface area contributed by atoms with Gasteiger partial charge in [0, 0.05) is 12.1 Å². The second kappa shape index (κ2) is 6.35. The number of nitrogens with one attached hydrogen (secondary N) is 1. The molecule has 0 aliphatic heterocycles. The molecule has 2 heterocycles. The van der Waals surface area contributed by atoms with Crippen LogP contribution in [-0.2, 0) is 0 Å². The highest BCUT2D eigenvalue weighted by atomic mass is 16.5. The minimum absolute atomic E-state index is 0.340. The van der Waals surface area contributed by atoms with Gasteiger partial charge < -0.3 is 23.6 Å². The lowest BCUT2D eigenvalue weighted by atomic mass is 9.95. The van der Waals surface area contributed by atoms with Gasteiger partial charge in [-0.25, -0.2) is 4.79 Å².